The predicted molar refractivity (Wildman–Crippen MR) is 110 cm³/mol. The topological polar surface area (TPSA) is 152 Å². The van der Waals surface area contributed by atoms with Gasteiger partial charge in [0.05, 0.1) is 23.5 Å². The number of hydrogen-bond donors (Lipinski definition) is 5. The van der Waals surface area contributed by atoms with E-state index in [0.29, 0.717) is 22.4 Å². The van der Waals surface area contributed by atoms with Crippen molar-refractivity contribution in [2.24, 2.45) is 0 Å². The molecule has 31 heavy (non-hydrogen) atoms. The number of rotatable bonds is 5. The minimum absolute atomic E-state index is 0.0698. The van der Waals surface area contributed by atoms with Crippen molar-refractivity contribution < 1.29 is 19.6 Å². The first-order valence-electron chi connectivity index (χ1n) is 9.70. The fourth-order valence-electron chi connectivity index (χ4n) is 3.35. The van der Waals surface area contributed by atoms with Crippen LogP contribution < -0.4 is 16.0 Å². The fraction of sp³-hybridized carbons (Fsp3) is 0.250. The van der Waals surface area contributed by atoms with Gasteiger partial charge in [-0.3, -0.25) is 25.2 Å². The van der Waals surface area contributed by atoms with E-state index in [1.807, 2.05) is 37.3 Å². The first kappa shape index (κ1) is 20.3. The van der Waals surface area contributed by atoms with Crippen LogP contribution in [0.25, 0.3) is 10.9 Å². The van der Waals surface area contributed by atoms with Gasteiger partial charge >= 0.3 is 6.03 Å². The summed E-state index contributed by atoms with van der Waals surface area (Å²) in [7, 11) is 0. The summed E-state index contributed by atoms with van der Waals surface area (Å²) < 4.78 is 0. The number of pyridine rings is 1. The normalized spacial score (nSPS) is 16.9. The number of H-pyrrole nitrogens is 1. The number of anilines is 1. The molecular formula is C20H21N7O4. The molecule has 5 N–H and O–H groups in total. The SMILES string of the molecule is C[C@@H](NC(=O)Nc1cc2[nH]nc(C(=O)N[C@@H]3CCN(O)C3=O)c2cn1)c1ccccc1. The Labute approximate surface area is 176 Å². The lowest BCUT2D eigenvalue weighted by Crippen LogP contribution is -2.40. The number of urea groups is 1. The molecule has 0 unspecified atom stereocenters. The smallest absolute Gasteiger partial charge is 0.320 e. The largest absolute Gasteiger partial charge is 0.339 e. The van der Waals surface area contributed by atoms with E-state index in [0.717, 1.165) is 5.56 Å². The molecule has 3 heterocycles. The summed E-state index contributed by atoms with van der Waals surface area (Å²) in [5.41, 5.74) is 1.53. The van der Waals surface area contributed by atoms with Crippen molar-refractivity contribution in [3.63, 3.8) is 0 Å². The lowest BCUT2D eigenvalue weighted by molar-refractivity contribution is -0.158. The quantitative estimate of drug-likeness (QED) is 0.393. The van der Waals surface area contributed by atoms with Crippen LogP contribution in [0.1, 0.15) is 35.4 Å². The van der Waals surface area contributed by atoms with Gasteiger partial charge in [0.25, 0.3) is 11.8 Å². The van der Waals surface area contributed by atoms with E-state index in [-0.39, 0.29) is 24.1 Å². The molecule has 1 saturated heterocycles. The maximum absolute atomic E-state index is 12.5. The lowest BCUT2D eigenvalue weighted by atomic mass is 10.1. The third kappa shape index (κ3) is 4.31. The van der Waals surface area contributed by atoms with Gasteiger partial charge in [-0.1, -0.05) is 30.3 Å². The molecule has 160 valence electrons. The highest BCUT2D eigenvalue weighted by Crippen LogP contribution is 2.19. The summed E-state index contributed by atoms with van der Waals surface area (Å²) >= 11 is 0. The highest BCUT2D eigenvalue weighted by Gasteiger charge is 2.33. The Bertz CT molecular complexity index is 1130. The molecule has 2 atom stereocenters. The van der Waals surface area contributed by atoms with Gasteiger partial charge in [0.2, 0.25) is 0 Å². The molecule has 0 saturated carbocycles. The maximum atomic E-state index is 12.5. The van der Waals surface area contributed by atoms with E-state index < -0.39 is 23.9 Å². The fourth-order valence-corrected chi connectivity index (χ4v) is 3.35. The van der Waals surface area contributed by atoms with Crippen LogP contribution in [0, 0.1) is 0 Å². The summed E-state index contributed by atoms with van der Waals surface area (Å²) in [5.74, 6) is -0.840. The van der Waals surface area contributed by atoms with E-state index in [2.05, 4.69) is 31.1 Å². The molecule has 1 aliphatic rings. The number of amides is 4. The van der Waals surface area contributed by atoms with Crippen LogP contribution in [0.4, 0.5) is 10.6 Å². The van der Waals surface area contributed by atoms with Crippen LogP contribution in [-0.4, -0.2) is 55.9 Å². The molecule has 11 nitrogen and oxygen atoms in total. The molecule has 0 bridgehead atoms. The second kappa shape index (κ2) is 8.40. The molecule has 0 aliphatic carbocycles. The van der Waals surface area contributed by atoms with Crippen LogP contribution in [0.15, 0.2) is 42.6 Å². The highest BCUT2D eigenvalue weighted by molar-refractivity contribution is 6.06. The molecule has 0 radical (unpaired) electrons. The lowest BCUT2D eigenvalue weighted by Gasteiger charge is -2.14. The van der Waals surface area contributed by atoms with Crippen LogP contribution in [-0.2, 0) is 4.79 Å². The Morgan fingerprint density at radius 2 is 2.06 bits per heavy atom. The van der Waals surface area contributed by atoms with Gasteiger partial charge in [0.15, 0.2) is 5.69 Å². The van der Waals surface area contributed by atoms with E-state index in [4.69, 9.17) is 0 Å². The first-order chi connectivity index (χ1) is 14.9. The monoisotopic (exact) mass is 423 g/mol. The van der Waals surface area contributed by atoms with Gasteiger partial charge < -0.3 is 10.6 Å². The number of nitrogens with one attached hydrogen (secondary N) is 4. The summed E-state index contributed by atoms with van der Waals surface area (Å²) in [6.45, 7) is 2.03. The third-order valence-electron chi connectivity index (χ3n) is 5.04. The van der Waals surface area contributed by atoms with Gasteiger partial charge in [-0.15, -0.1) is 0 Å². The second-order valence-electron chi connectivity index (χ2n) is 7.19. The second-order valence-corrected chi connectivity index (χ2v) is 7.19. The number of benzene rings is 1. The molecule has 1 aliphatic heterocycles. The van der Waals surface area contributed by atoms with E-state index in [1.54, 1.807) is 6.07 Å². The average Bonchev–Trinajstić information content (AvgIpc) is 3.32. The van der Waals surface area contributed by atoms with Crippen LogP contribution in [0.2, 0.25) is 0 Å². The number of nitrogens with zero attached hydrogens (tertiary/aromatic N) is 3. The number of aromatic amines is 1. The minimum atomic E-state index is -0.798. The molecule has 1 fully saturated rings. The molecule has 11 heteroatoms. The van der Waals surface area contributed by atoms with Crippen molar-refractivity contribution in [1.82, 2.24) is 30.9 Å². The Kier molecular flexibility index (Phi) is 5.50. The predicted octanol–water partition coefficient (Wildman–Crippen LogP) is 1.56. The molecule has 1 aromatic carbocycles. The van der Waals surface area contributed by atoms with Gasteiger partial charge in [0, 0.05) is 12.3 Å². The molecule has 0 spiro atoms. The van der Waals surface area contributed by atoms with Crippen molar-refractivity contribution in [3.05, 3.63) is 53.9 Å². The van der Waals surface area contributed by atoms with Crippen molar-refractivity contribution in [2.45, 2.75) is 25.4 Å². The van der Waals surface area contributed by atoms with Crippen LogP contribution >= 0.6 is 0 Å². The Morgan fingerprint density at radius 3 is 2.77 bits per heavy atom. The molecule has 4 amide bonds. The van der Waals surface area contributed by atoms with E-state index >= 15 is 0 Å². The molecule has 3 aromatic rings. The summed E-state index contributed by atoms with van der Waals surface area (Å²) in [6, 6.07) is 9.68. The van der Waals surface area contributed by atoms with E-state index in [1.165, 1.54) is 6.20 Å². The number of carbonyl (C=O) groups excluding carboxylic acids is 3. The van der Waals surface area contributed by atoms with Gasteiger partial charge in [-0.05, 0) is 18.9 Å². The molecule has 4 rings (SSSR count). The number of aromatic nitrogens is 3. The van der Waals surface area contributed by atoms with E-state index in [9.17, 15) is 19.6 Å². The zero-order valence-electron chi connectivity index (χ0n) is 16.6. The van der Waals surface area contributed by atoms with Gasteiger partial charge in [-0.2, -0.15) is 5.10 Å². The maximum Gasteiger partial charge on any atom is 0.320 e. The zero-order valence-corrected chi connectivity index (χ0v) is 16.6. The Hall–Kier alpha value is -3.99. The van der Waals surface area contributed by atoms with Crippen molar-refractivity contribution in [2.75, 3.05) is 11.9 Å². The van der Waals surface area contributed by atoms with Crippen LogP contribution in [0.5, 0.6) is 0 Å². The third-order valence-corrected chi connectivity index (χ3v) is 5.04. The molecular weight excluding hydrogens is 402 g/mol. The Morgan fingerprint density at radius 1 is 1.29 bits per heavy atom. The summed E-state index contributed by atoms with van der Waals surface area (Å²) in [5, 5.41) is 25.1. The average molecular weight is 423 g/mol. The number of fused-ring (bicyclic) bond motifs is 1. The summed E-state index contributed by atoms with van der Waals surface area (Å²) in [6.07, 6.45) is 1.73. The summed E-state index contributed by atoms with van der Waals surface area (Å²) in [4.78, 5) is 40.7. The van der Waals surface area contributed by atoms with Gasteiger partial charge in [0.1, 0.15) is 11.9 Å². The minimum Gasteiger partial charge on any atom is -0.339 e. The molecule has 2 aromatic heterocycles. The standard InChI is InChI=1S/C20H21N7O4/c1-11(12-5-3-2-4-6-12)22-20(30)24-16-9-15-13(10-21-16)17(26-25-15)18(28)23-14-7-8-27(31)19(14)29/h2-6,9-11,14,31H,7-8H2,1H3,(H,23,28)(H,25,26)(H2,21,22,24,30)/t11-,14-/m1/s1. The number of hydroxylamine groups is 2. The zero-order chi connectivity index (χ0) is 22.0. The van der Waals surface area contributed by atoms with Crippen LogP contribution in [0.3, 0.4) is 0 Å². The van der Waals surface area contributed by atoms with Gasteiger partial charge in [-0.25, -0.2) is 14.8 Å². The first-order valence-corrected chi connectivity index (χ1v) is 9.70. The number of hydrogen-bond acceptors (Lipinski definition) is 6. The highest BCUT2D eigenvalue weighted by atomic mass is 16.5. The van der Waals surface area contributed by atoms with Crippen molar-refractivity contribution in [1.29, 1.82) is 0 Å². The van der Waals surface area contributed by atoms with Crippen molar-refractivity contribution >= 4 is 34.6 Å². The Balaban J connectivity index is 1.42. The number of carbonyl (C=O) groups is 3. The van der Waals surface area contributed by atoms with Crippen molar-refractivity contribution in [3.8, 4) is 0 Å².